The van der Waals surface area contributed by atoms with Crippen LogP contribution >= 0.6 is 0 Å². The Kier molecular flexibility index (Phi) is 6.45. The Hall–Kier alpha value is -3.01. The molecule has 158 valence electrons. The Morgan fingerprint density at radius 3 is 2.13 bits per heavy atom. The molecule has 4 aromatic rings. The molecule has 3 aromatic carbocycles. The predicted molar refractivity (Wildman–Crippen MR) is 131 cm³/mol. The van der Waals surface area contributed by atoms with Crippen LogP contribution in [-0.4, -0.2) is 49.0 Å². The number of aromatic nitrogens is 1. The number of pyridine rings is 1. The maximum absolute atomic E-state index is 5.17. The number of likely N-dealkylation sites (N-methyl/N-ethyl adjacent to an activating group) is 2. The lowest BCUT2D eigenvalue weighted by molar-refractivity contribution is 0.244. The molecule has 0 aliphatic rings. The third-order valence-electron chi connectivity index (χ3n) is 5.80. The molecule has 1 aromatic heterocycles. The number of hydrogen-bond acceptors (Lipinski definition) is 3. The van der Waals surface area contributed by atoms with Gasteiger partial charge in [0.25, 0.3) is 0 Å². The van der Waals surface area contributed by atoms with Crippen LogP contribution in [0.4, 0.5) is 0 Å². The van der Waals surface area contributed by atoms with Crippen molar-refractivity contribution >= 4 is 10.9 Å². The lowest BCUT2D eigenvalue weighted by atomic mass is 9.92. The zero-order valence-electron chi connectivity index (χ0n) is 18.9. The second-order valence-corrected chi connectivity index (χ2v) is 8.59. The van der Waals surface area contributed by atoms with Crippen molar-refractivity contribution in [1.82, 2.24) is 14.8 Å². The zero-order valence-corrected chi connectivity index (χ0v) is 18.9. The van der Waals surface area contributed by atoms with Crippen LogP contribution in [0.15, 0.2) is 84.9 Å². The number of nitrogens with zero attached hydrogens (tertiary/aromatic N) is 3. The van der Waals surface area contributed by atoms with Gasteiger partial charge in [0.2, 0.25) is 0 Å². The highest BCUT2D eigenvalue weighted by Gasteiger charge is 2.24. The van der Waals surface area contributed by atoms with Gasteiger partial charge in [0.05, 0.1) is 17.3 Å². The molecule has 3 heteroatoms. The average molecular weight is 410 g/mol. The highest BCUT2D eigenvalue weighted by Crippen LogP contribution is 2.36. The lowest BCUT2D eigenvalue weighted by Crippen LogP contribution is -2.33. The molecule has 0 amide bonds. The van der Waals surface area contributed by atoms with Gasteiger partial charge >= 0.3 is 0 Å². The molecule has 1 unspecified atom stereocenters. The minimum Gasteiger partial charge on any atom is -0.308 e. The van der Waals surface area contributed by atoms with E-state index in [2.05, 4.69) is 123 Å². The van der Waals surface area contributed by atoms with E-state index in [1.54, 1.807) is 0 Å². The molecular formula is C28H31N3. The Morgan fingerprint density at radius 1 is 0.774 bits per heavy atom. The van der Waals surface area contributed by atoms with E-state index >= 15 is 0 Å². The molecule has 4 rings (SSSR count). The number of hydrogen-bond donors (Lipinski definition) is 0. The van der Waals surface area contributed by atoms with Crippen LogP contribution in [0, 0.1) is 6.92 Å². The van der Waals surface area contributed by atoms with Crippen LogP contribution < -0.4 is 0 Å². The van der Waals surface area contributed by atoms with E-state index in [1.807, 2.05) is 0 Å². The van der Waals surface area contributed by atoms with Gasteiger partial charge in [0, 0.05) is 29.6 Å². The van der Waals surface area contributed by atoms with E-state index in [9.17, 15) is 0 Å². The highest BCUT2D eigenvalue weighted by atomic mass is 15.2. The molecule has 0 N–H and O–H groups in total. The summed E-state index contributed by atoms with van der Waals surface area (Å²) in [6, 6.07) is 30.3. The Labute approximate surface area is 186 Å². The van der Waals surface area contributed by atoms with Gasteiger partial charge in [-0.2, -0.15) is 0 Å². The smallest absolute Gasteiger partial charge is 0.0761 e. The molecule has 0 aliphatic carbocycles. The van der Waals surface area contributed by atoms with E-state index in [4.69, 9.17) is 4.98 Å². The van der Waals surface area contributed by atoms with Crippen LogP contribution in [0.2, 0.25) is 0 Å². The molecule has 0 bridgehead atoms. The third kappa shape index (κ3) is 4.84. The second-order valence-electron chi connectivity index (χ2n) is 8.59. The molecule has 0 fully saturated rings. The molecule has 1 atom stereocenters. The topological polar surface area (TPSA) is 19.4 Å². The van der Waals surface area contributed by atoms with Gasteiger partial charge in [-0.3, -0.25) is 4.90 Å². The summed E-state index contributed by atoms with van der Waals surface area (Å²) in [5.74, 6) is 0. The number of benzene rings is 3. The minimum atomic E-state index is 0.119. The fourth-order valence-electron chi connectivity index (χ4n) is 4.14. The van der Waals surface area contributed by atoms with Crippen molar-refractivity contribution in [3.63, 3.8) is 0 Å². The molecule has 31 heavy (non-hydrogen) atoms. The molecule has 1 heterocycles. The van der Waals surface area contributed by atoms with Gasteiger partial charge in [-0.05, 0) is 51.8 Å². The van der Waals surface area contributed by atoms with E-state index in [1.165, 1.54) is 22.1 Å². The largest absolute Gasteiger partial charge is 0.308 e. The van der Waals surface area contributed by atoms with Crippen molar-refractivity contribution in [2.24, 2.45) is 0 Å². The maximum Gasteiger partial charge on any atom is 0.0761 e. The van der Waals surface area contributed by atoms with Gasteiger partial charge in [0.1, 0.15) is 0 Å². The van der Waals surface area contributed by atoms with Gasteiger partial charge in [0.15, 0.2) is 0 Å². The highest BCUT2D eigenvalue weighted by molar-refractivity contribution is 5.84. The summed E-state index contributed by atoms with van der Waals surface area (Å²) in [6.07, 6.45) is 0. The van der Waals surface area contributed by atoms with Crippen LogP contribution in [0.3, 0.4) is 0 Å². The van der Waals surface area contributed by atoms with Gasteiger partial charge in [-0.15, -0.1) is 0 Å². The first-order valence-corrected chi connectivity index (χ1v) is 10.9. The summed E-state index contributed by atoms with van der Waals surface area (Å²) in [5, 5.41) is 1.19. The number of aryl methyl sites for hydroxylation is 1. The van der Waals surface area contributed by atoms with Gasteiger partial charge in [-0.1, -0.05) is 72.3 Å². The molecule has 0 spiro atoms. The van der Waals surface area contributed by atoms with Crippen LogP contribution in [-0.2, 0) is 0 Å². The number of rotatable bonds is 7. The monoisotopic (exact) mass is 409 g/mol. The summed E-state index contributed by atoms with van der Waals surface area (Å²) >= 11 is 0. The van der Waals surface area contributed by atoms with Gasteiger partial charge < -0.3 is 4.90 Å². The summed E-state index contributed by atoms with van der Waals surface area (Å²) in [6.45, 7) is 4.11. The molecule has 0 aliphatic heterocycles. The quantitative estimate of drug-likeness (QED) is 0.385. The summed E-state index contributed by atoms with van der Waals surface area (Å²) in [4.78, 5) is 9.85. The predicted octanol–water partition coefficient (Wildman–Crippen LogP) is 5.79. The molecule has 0 saturated heterocycles. The molecule has 0 saturated carbocycles. The van der Waals surface area contributed by atoms with Crippen LogP contribution in [0.5, 0.6) is 0 Å². The number of fused-ring (bicyclic) bond motifs is 1. The minimum absolute atomic E-state index is 0.119. The zero-order chi connectivity index (χ0) is 21.8. The normalized spacial score (nSPS) is 12.6. The molecule has 0 radical (unpaired) electrons. The Balaban J connectivity index is 1.93. The fraction of sp³-hybridized carbons (Fsp3) is 0.250. The Bertz CT molecular complexity index is 1140. The van der Waals surface area contributed by atoms with Crippen LogP contribution in [0.1, 0.15) is 22.7 Å². The van der Waals surface area contributed by atoms with Gasteiger partial charge in [-0.25, -0.2) is 4.98 Å². The van der Waals surface area contributed by atoms with E-state index < -0.39 is 0 Å². The van der Waals surface area contributed by atoms with E-state index in [0.717, 1.165) is 29.9 Å². The summed E-state index contributed by atoms with van der Waals surface area (Å²) in [7, 11) is 6.47. The van der Waals surface area contributed by atoms with Crippen molar-refractivity contribution in [2.45, 2.75) is 13.0 Å². The van der Waals surface area contributed by atoms with Crippen molar-refractivity contribution in [3.05, 3.63) is 102 Å². The first kappa shape index (κ1) is 21.2. The second kappa shape index (κ2) is 9.42. The lowest BCUT2D eigenvalue weighted by Gasteiger charge is -2.31. The van der Waals surface area contributed by atoms with Crippen molar-refractivity contribution < 1.29 is 0 Å². The molecule has 3 nitrogen and oxygen atoms in total. The summed E-state index contributed by atoms with van der Waals surface area (Å²) < 4.78 is 0. The SMILES string of the molecule is Cc1ccc2nc(-c3ccccc3)c(C(c3ccccc3)N(C)CCN(C)C)cc2c1. The standard InChI is InChI=1S/C28H31N3/c1-21-15-16-26-24(19-21)20-25(27(29-26)22-11-7-5-8-12-22)28(23-13-9-6-10-14-23)31(4)18-17-30(2)3/h5-16,19-20,28H,17-18H2,1-4H3. The summed E-state index contributed by atoms with van der Waals surface area (Å²) in [5.41, 5.74) is 7.04. The van der Waals surface area contributed by atoms with Crippen molar-refractivity contribution in [1.29, 1.82) is 0 Å². The maximum atomic E-state index is 5.17. The van der Waals surface area contributed by atoms with Crippen molar-refractivity contribution in [3.8, 4) is 11.3 Å². The fourth-order valence-corrected chi connectivity index (χ4v) is 4.14. The first-order valence-electron chi connectivity index (χ1n) is 10.9. The molecular weight excluding hydrogens is 378 g/mol. The average Bonchev–Trinajstić information content (AvgIpc) is 2.78. The van der Waals surface area contributed by atoms with E-state index in [0.29, 0.717) is 0 Å². The third-order valence-corrected chi connectivity index (χ3v) is 5.80. The van der Waals surface area contributed by atoms with Crippen molar-refractivity contribution in [2.75, 3.05) is 34.2 Å². The van der Waals surface area contributed by atoms with E-state index in [-0.39, 0.29) is 6.04 Å². The van der Waals surface area contributed by atoms with Crippen LogP contribution in [0.25, 0.3) is 22.2 Å². The Morgan fingerprint density at radius 2 is 1.45 bits per heavy atom. The first-order chi connectivity index (χ1) is 15.0.